The van der Waals surface area contributed by atoms with Gasteiger partial charge in [-0.3, -0.25) is 4.90 Å². The van der Waals surface area contributed by atoms with Crippen LogP contribution in [-0.2, 0) is 4.74 Å². The van der Waals surface area contributed by atoms with Gasteiger partial charge in [-0.2, -0.15) is 0 Å². The number of hydrogen-bond donors (Lipinski definition) is 0. The lowest BCUT2D eigenvalue weighted by molar-refractivity contribution is 0.0478. The molecule has 0 aromatic rings. The zero-order valence-electron chi connectivity index (χ0n) is 9.34. The van der Waals surface area contributed by atoms with Crippen LogP contribution in [0.1, 0.15) is 32.6 Å². The van der Waals surface area contributed by atoms with E-state index >= 15 is 0 Å². The van der Waals surface area contributed by atoms with Crippen LogP contribution in [0.4, 0.5) is 0 Å². The number of piperidine rings is 1. The SMILES string of the molecule is COCC(C)N1CCCCC1CCCl. The number of nitrogens with zero attached hydrogens (tertiary/aromatic N) is 1. The second-order valence-electron chi connectivity index (χ2n) is 4.17. The fourth-order valence-corrected chi connectivity index (χ4v) is 2.63. The summed E-state index contributed by atoms with van der Waals surface area (Å²) in [7, 11) is 1.77. The molecule has 0 N–H and O–H groups in total. The number of methoxy groups -OCH3 is 1. The van der Waals surface area contributed by atoms with Gasteiger partial charge in [0.15, 0.2) is 0 Å². The molecule has 0 aromatic carbocycles. The first-order valence-corrected chi connectivity index (χ1v) is 6.13. The highest BCUT2D eigenvalue weighted by Crippen LogP contribution is 2.22. The molecule has 2 atom stereocenters. The molecule has 0 bridgehead atoms. The van der Waals surface area contributed by atoms with Gasteiger partial charge in [-0.05, 0) is 32.7 Å². The molecule has 1 heterocycles. The van der Waals surface area contributed by atoms with Crippen LogP contribution in [-0.4, -0.2) is 43.1 Å². The predicted octanol–water partition coefficient (Wildman–Crippen LogP) is 2.50. The summed E-state index contributed by atoms with van der Waals surface area (Å²) in [5.41, 5.74) is 0. The predicted molar refractivity (Wildman–Crippen MR) is 61.0 cm³/mol. The summed E-state index contributed by atoms with van der Waals surface area (Å²) in [4.78, 5) is 2.56. The largest absolute Gasteiger partial charge is 0.383 e. The maximum Gasteiger partial charge on any atom is 0.0615 e. The molecule has 0 aliphatic carbocycles. The number of likely N-dealkylation sites (tertiary alicyclic amines) is 1. The van der Waals surface area contributed by atoms with Crippen LogP contribution in [0.2, 0.25) is 0 Å². The Morgan fingerprint density at radius 1 is 1.50 bits per heavy atom. The Bertz CT molecular complexity index is 152. The van der Waals surface area contributed by atoms with Gasteiger partial charge in [-0.15, -0.1) is 11.6 Å². The van der Waals surface area contributed by atoms with E-state index in [0.717, 1.165) is 18.9 Å². The van der Waals surface area contributed by atoms with Crippen molar-refractivity contribution < 1.29 is 4.74 Å². The fourth-order valence-electron chi connectivity index (χ4n) is 2.38. The zero-order valence-corrected chi connectivity index (χ0v) is 10.1. The summed E-state index contributed by atoms with van der Waals surface area (Å²) >= 11 is 5.82. The normalized spacial score (nSPS) is 26.4. The molecule has 0 aromatic heterocycles. The maximum absolute atomic E-state index is 5.82. The summed E-state index contributed by atoms with van der Waals surface area (Å²) in [6.45, 7) is 4.29. The van der Waals surface area contributed by atoms with Crippen molar-refractivity contribution in [1.82, 2.24) is 4.90 Å². The third-order valence-electron chi connectivity index (χ3n) is 3.09. The summed E-state index contributed by atoms with van der Waals surface area (Å²) in [5.74, 6) is 0.779. The standard InChI is InChI=1S/C11H22ClNO/c1-10(9-14-2)13-8-4-3-5-11(13)6-7-12/h10-11H,3-9H2,1-2H3. The highest BCUT2D eigenvalue weighted by Gasteiger charge is 2.25. The Balaban J connectivity index is 2.44. The molecule has 0 saturated carbocycles. The Morgan fingerprint density at radius 2 is 2.29 bits per heavy atom. The lowest BCUT2D eigenvalue weighted by Crippen LogP contribution is -2.47. The molecule has 1 aliphatic heterocycles. The van der Waals surface area contributed by atoms with Gasteiger partial charge in [0, 0.05) is 25.1 Å². The van der Waals surface area contributed by atoms with E-state index in [0.29, 0.717) is 12.1 Å². The third kappa shape index (κ3) is 3.41. The van der Waals surface area contributed by atoms with E-state index in [1.54, 1.807) is 7.11 Å². The van der Waals surface area contributed by atoms with Gasteiger partial charge in [-0.1, -0.05) is 6.42 Å². The number of rotatable bonds is 5. The van der Waals surface area contributed by atoms with Gasteiger partial charge >= 0.3 is 0 Å². The number of hydrogen-bond acceptors (Lipinski definition) is 2. The molecule has 84 valence electrons. The molecule has 0 spiro atoms. The molecule has 1 rings (SSSR count). The maximum atomic E-state index is 5.82. The molecule has 3 heteroatoms. The lowest BCUT2D eigenvalue weighted by atomic mass is 9.98. The molecule has 1 fully saturated rings. The van der Waals surface area contributed by atoms with E-state index in [-0.39, 0.29) is 0 Å². The monoisotopic (exact) mass is 219 g/mol. The van der Waals surface area contributed by atoms with Crippen molar-refractivity contribution in [2.75, 3.05) is 26.1 Å². The molecule has 2 unspecified atom stereocenters. The van der Waals surface area contributed by atoms with Gasteiger partial charge in [0.2, 0.25) is 0 Å². The van der Waals surface area contributed by atoms with E-state index in [2.05, 4.69) is 11.8 Å². The van der Waals surface area contributed by atoms with E-state index in [9.17, 15) is 0 Å². The van der Waals surface area contributed by atoms with Gasteiger partial charge in [0.05, 0.1) is 6.61 Å². The van der Waals surface area contributed by atoms with Crippen LogP contribution in [0.5, 0.6) is 0 Å². The molecule has 2 nitrogen and oxygen atoms in total. The Labute approximate surface area is 92.6 Å². The van der Waals surface area contributed by atoms with Crippen molar-refractivity contribution in [1.29, 1.82) is 0 Å². The second-order valence-corrected chi connectivity index (χ2v) is 4.55. The first-order chi connectivity index (χ1) is 6.79. The highest BCUT2D eigenvalue weighted by atomic mass is 35.5. The van der Waals surface area contributed by atoms with Gasteiger partial charge in [-0.25, -0.2) is 0 Å². The minimum absolute atomic E-state index is 0.536. The molecule has 14 heavy (non-hydrogen) atoms. The summed E-state index contributed by atoms with van der Waals surface area (Å²) in [6.07, 6.45) is 5.11. The summed E-state index contributed by atoms with van der Waals surface area (Å²) in [5, 5.41) is 0. The summed E-state index contributed by atoms with van der Waals surface area (Å²) < 4.78 is 5.21. The van der Waals surface area contributed by atoms with Crippen LogP contribution < -0.4 is 0 Å². The first kappa shape index (κ1) is 12.3. The van der Waals surface area contributed by atoms with Crippen LogP contribution in [0.25, 0.3) is 0 Å². The van der Waals surface area contributed by atoms with Crippen LogP contribution in [0.3, 0.4) is 0 Å². The molecule has 0 amide bonds. The fraction of sp³-hybridized carbons (Fsp3) is 1.00. The van der Waals surface area contributed by atoms with Crippen molar-refractivity contribution in [2.24, 2.45) is 0 Å². The average Bonchev–Trinajstić information content (AvgIpc) is 2.19. The Kier molecular flexibility index (Phi) is 5.83. The highest BCUT2D eigenvalue weighted by molar-refractivity contribution is 6.17. The zero-order chi connectivity index (χ0) is 10.4. The molecular formula is C11H22ClNO. The minimum Gasteiger partial charge on any atom is -0.383 e. The minimum atomic E-state index is 0.536. The van der Waals surface area contributed by atoms with E-state index in [1.807, 2.05) is 0 Å². The topological polar surface area (TPSA) is 12.5 Å². The summed E-state index contributed by atoms with van der Waals surface area (Å²) in [6, 6.07) is 1.22. The van der Waals surface area contributed by atoms with Crippen molar-refractivity contribution in [3.05, 3.63) is 0 Å². The quantitative estimate of drug-likeness (QED) is 0.659. The smallest absolute Gasteiger partial charge is 0.0615 e. The lowest BCUT2D eigenvalue weighted by Gasteiger charge is -2.39. The van der Waals surface area contributed by atoms with Gasteiger partial charge in [0.1, 0.15) is 0 Å². The van der Waals surface area contributed by atoms with Gasteiger partial charge < -0.3 is 4.74 Å². The van der Waals surface area contributed by atoms with E-state index < -0.39 is 0 Å². The average molecular weight is 220 g/mol. The first-order valence-electron chi connectivity index (χ1n) is 5.60. The van der Waals surface area contributed by atoms with Crippen LogP contribution in [0, 0.1) is 0 Å². The van der Waals surface area contributed by atoms with E-state index in [4.69, 9.17) is 16.3 Å². The number of halogens is 1. The number of alkyl halides is 1. The van der Waals surface area contributed by atoms with Crippen molar-refractivity contribution in [3.63, 3.8) is 0 Å². The van der Waals surface area contributed by atoms with Gasteiger partial charge in [0.25, 0.3) is 0 Å². The van der Waals surface area contributed by atoms with E-state index in [1.165, 1.54) is 25.8 Å². The number of ether oxygens (including phenoxy) is 1. The molecular weight excluding hydrogens is 198 g/mol. The van der Waals surface area contributed by atoms with Crippen molar-refractivity contribution in [3.8, 4) is 0 Å². The van der Waals surface area contributed by atoms with Crippen molar-refractivity contribution in [2.45, 2.75) is 44.7 Å². The molecule has 1 saturated heterocycles. The Morgan fingerprint density at radius 3 is 2.93 bits per heavy atom. The van der Waals surface area contributed by atoms with Crippen LogP contribution >= 0.6 is 11.6 Å². The second kappa shape index (κ2) is 6.65. The van der Waals surface area contributed by atoms with Crippen molar-refractivity contribution >= 4 is 11.6 Å². The molecule has 1 aliphatic rings. The molecule has 0 radical (unpaired) electrons. The van der Waals surface area contributed by atoms with Crippen LogP contribution in [0.15, 0.2) is 0 Å². The third-order valence-corrected chi connectivity index (χ3v) is 3.31. The Hall–Kier alpha value is 0.210.